The number of hydrogen-bond donors (Lipinski definition) is 3. The van der Waals surface area contributed by atoms with Gasteiger partial charge in [-0.15, -0.1) is 0 Å². The van der Waals surface area contributed by atoms with Gasteiger partial charge in [0.15, 0.2) is 0 Å². The molecule has 0 spiro atoms. The Morgan fingerprint density at radius 1 is 1.18 bits per heavy atom. The minimum atomic E-state index is -1.67. The Morgan fingerprint density at radius 2 is 1.91 bits per heavy atom. The molecule has 1 heterocycles. The van der Waals surface area contributed by atoms with Gasteiger partial charge < -0.3 is 24.9 Å². The van der Waals surface area contributed by atoms with Crippen molar-refractivity contribution in [1.82, 2.24) is 5.32 Å². The molecule has 3 rings (SSSR count). The van der Waals surface area contributed by atoms with Gasteiger partial charge in [0.25, 0.3) is 5.91 Å². The van der Waals surface area contributed by atoms with Crippen LogP contribution in [0.15, 0.2) is 64.2 Å². The maximum atomic E-state index is 13.4. The van der Waals surface area contributed by atoms with Crippen LogP contribution in [0.2, 0.25) is 0 Å². The topological polar surface area (TPSA) is 100 Å². The zero-order valence-corrected chi connectivity index (χ0v) is 20.5. The Morgan fingerprint density at radius 3 is 2.58 bits per heavy atom. The molecule has 9 heteroatoms. The lowest BCUT2D eigenvalue weighted by atomic mass is 9.74. The third-order valence-corrected chi connectivity index (χ3v) is 5.91. The van der Waals surface area contributed by atoms with Gasteiger partial charge in [-0.2, -0.15) is 0 Å². The maximum Gasteiger partial charge on any atom is 0.475 e. The fourth-order valence-corrected chi connectivity index (χ4v) is 4.27. The molecule has 0 bridgehead atoms. The van der Waals surface area contributed by atoms with Crippen LogP contribution < -0.4 is 5.32 Å². The van der Waals surface area contributed by atoms with Gasteiger partial charge in [-0.1, -0.05) is 77.4 Å². The average molecular weight is 517 g/mol. The second-order valence-corrected chi connectivity index (χ2v) is 9.74. The lowest BCUT2D eigenvalue weighted by Gasteiger charge is -2.29. The summed E-state index contributed by atoms with van der Waals surface area (Å²) >= 11 is 3.45. The summed E-state index contributed by atoms with van der Waals surface area (Å²) in [6.07, 6.45) is 0.977. The Hall–Kier alpha value is -2.20. The van der Waals surface area contributed by atoms with Crippen LogP contribution in [0.3, 0.4) is 0 Å². The van der Waals surface area contributed by atoms with E-state index in [4.69, 9.17) is 9.57 Å². The summed E-state index contributed by atoms with van der Waals surface area (Å²) in [5, 5.41) is 26.5. The van der Waals surface area contributed by atoms with Crippen molar-refractivity contribution in [3.63, 3.8) is 0 Å². The van der Waals surface area contributed by atoms with Crippen molar-refractivity contribution in [3.8, 4) is 0 Å². The smallest absolute Gasteiger partial charge is 0.426 e. The number of hydrogen-bond acceptors (Lipinski definition) is 6. The van der Waals surface area contributed by atoms with Gasteiger partial charge >= 0.3 is 7.12 Å². The van der Waals surface area contributed by atoms with Gasteiger partial charge in [0.2, 0.25) is 5.60 Å². The van der Waals surface area contributed by atoms with E-state index in [-0.39, 0.29) is 18.9 Å². The van der Waals surface area contributed by atoms with Crippen molar-refractivity contribution in [2.75, 3.05) is 6.61 Å². The molecule has 176 valence electrons. The summed E-state index contributed by atoms with van der Waals surface area (Å²) in [6.45, 7) is 4.55. The highest BCUT2D eigenvalue weighted by Crippen LogP contribution is 2.30. The van der Waals surface area contributed by atoms with Crippen LogP contribution in [0.4, 0.5) is 0 Å². The third-order valence-electron chi connectivity index (χ3n) is 5.41. The lowest BCUT2D eigenvalue weighted by Crippen LogP contribution is -2.56. The second kappa shape index (κ2) is 11.8. The van der Waals surface area contributed by atoms with Crippen molar-refractivity contribution < 1.29 is 24.4 Å². The van der Waals surface area contributed by atoms with Crippen LogP contribution in [-0.2, 0) is 27.4 Å². The van der Waals surface area contributed by atoms with Crippen LogP contribution in [-0.4, -0.2) is 46.9 Å². The first-order chi connectivity index (χ1) is 15.8. The molecule has 2 aromatic rings. The van der Waals surface area contributed by atoms with Crippen molar-refractivity contribution >= 4 is 34.7 Å². The molecule has 1 amide bonds. The number of ether oxygens (including phenoxy) is 1. The van der Waals surface area contributed by atoms with Crippen molar-refractivity contribution in [2.24, 2.45) is 11.1 Å². The summed E-state index contributed by atoms with van der Waals surface area (Å²) < 4.78 is 6.79. The molecule has 3 N–H and O–H groups in total. The molecule has 0 saturated heterocycles. The number of halogens is 1. The summed E-state index contributed by atoms with van der Waals surface area (Å²) in [5.41, 5.74) is 1.29. The first-order valence-electron chi connectivity index (χ1n) is 11.0. The van der Waals surface area contributed by atoms with Crippen molar-refractivity contribution in [1.29, 1.82) is 0 Å². The highest BCUT2D eigenvalue weighted by molar-refractivity contribution is 9.10. The maximum absolute atomic E-state index is 13.4. The zero-order chi connectivity index (χ0) is 23.8. The fourth-order valence-electron chi connectivity index (χ4n) is 3.82. The molecular weight excluding hydrogens is 487 g/mol. The molecule has 7 nitrogen and oxygen atoms in total. The Bertz CT molecular complexity index is 957. The van der Waals surface area contributed by atoms with Gasteiger partial charge in [-0.25, -0.2) is 0 Å². The summed E-state index contributed by atoms with van der Waals surface area (Å²) in [5.74, 6) is -1.05. The quantitative estimate of drug-likeness (QED) is 0.398. The van der Waals surface area contributed by atoms with E-state index in [2.05, 4.69) is 26.4 Å². The number of carbonyl (C=O) groups excluding carboxylic acids is 1. The SMILES string of the molecule is CC(C)C[C@H](NC(=O)C1(Cc2ccccc2)CC(COCc2cccc(Br)c2)=NO1)B(O)O. The minimum absolute atomic E-state index is 0.171. The number of nitrogens with zero attached hydrogens (tertiary/aromatic N) is 1. The number of nitrogens with one attached hydrogen (secondary N) is 1. The predicted octanol–water partition coefficient (Wildman–Crippen LogP) is 3.27. The van der Waals surface area contributed by atoms with E-state index in [1.807, 2.05) is 68.4 Å². The number of carbonyl (C=O) groups is 1. The molecule has 0 saturated carbocycles. The molecule has 0 radical (unpaired) electrons. The molecule has 33 heavy (non-hydrogen) atoms. The third kappa shape index (κ3) is 7.40. The molecule has 0 aromatic heterocycles. The number of rotatable bonds is 11. The molecule has 1 aliphatic heterocycles. The molecule has 2 atom stereocenters. The highest BCUT2D eigenvalue weighted by atomic mass is 79.9. The first kappa shape index (κ1) is 25.4. The van der Waals surface area contributed by atoms with Gasteiger partial charge in [-0.3, -0.25) is 4.79 Å². The molecule has 0 fully saturated rings. The summed E-state index contributed by atoms with van der Waals surface area (Å²) in [7, 11) is -1.67. The van der Waals surface area contributed by atoms with E-state index in [1.54, 1.807) is 0 Å². The number of oxime groups is 1. The monoisotopic (exact) mass is 516 g/mol. The van der Waals surface area contributed by atoms with Gasteiger partial charge in [0, 0.05) is 17.3 Å². The fraction of sp³-hybridized carbons (Fsp3) is 0.417. The van der Waals surface area contributed by atoms with Gasteiger partial charge in [0.05, 0.1) is 24.9 Å². The normalized spacial score (nSPS) is 18.5. The standard InChI is InChI=1S/C24H30BBrN2O5/c1-17(2)11-22(25(30)31)27-23(29)24(13-18-7-4-3-5-8-18)14-21(28-33-24)16-32-15-19-9-6-10-20(26)12-19/h3-10,12,17,22,30-31H,11,13-16H2,1-2H3,(H,27,29)/t22-,24?/m0/s1. The Balaban J connectivity index is 1.69. The molecule has 0 aliphatic carbocycles. The van der Waals surface area contributed by atoms with Crippen LogP contribution in [0.1, 0.15) is 37.8 Å². The highest BCUT2D eigenvalue weighted by Gasteiger charge is 2.48. The van der Waals surface area contributed by atoms with Gasteiger partial charge in [0.1, 0.15) is 0 Å². The van der Waals surface area contributed by atoms with E-state index in [9.17, 15) is 14.8 Å². The molecule has 2 aromatic carbocycles. The Labute approximate surface area is 203 Å². The van der Waals surface area contributed by atoms with Crippen molar-refractivity contribution in [2.45, 2.75) is 51.3 Å². The van der Waals surface area contributed by atoms with E-state index in [0.717, 1.165) is 15.6 Å². The lowest BCUT2D eigenvalue weighted by molar-refractivity contribution is -0.144. The molecular formula is C24H30BBrN2O5. The summed E-state index contributed by atoms with van der Waals surface area (Å²) in [4.78, 5) is 19.1. The average Bonchev–Trinajstić information content (AvgIpc) is 3.17. The van der Waals surface area contributed by atoms with Crippen LogP contribution >= 0.6 is 15.9 Å². The van der Waals surface area contributed by atoms with Crippen LogP contribution in [0.25, 0.3) is 0 Å². The Kier molecular flexibility index (Phi) is 9.08. The number of benzene rings is 2. The van der Waals surface area contributed by atoms with Crippen LogP contribution in [0, 0.1) is 5.92 Å². The van der Waals surface area contributed by atoms with Gasteiger partial charge in [-0.05, 0) is 35.6 Å². The first-order valence-corrected chi connectivity index (χ1v) is 11.8. The predicted molar refractivity (Wildman–Crippen MR) is 131 cm³/mol. The van der Waals surface area contributed by atoms with E-state index < -0.39 is 24.6 Å². The largest absolute Gasteiger partial charge is 0.475 e. The van der Waals surface area contributed by atoms with E-state index in [0.29, 0.717) is 25.2 Å². The second-order valence-electron chi connectivity index (χ2n) is 8.83. The minimum Gasteiger partial charge on any atom is -0.426 e. The van der Waals surface area contributed by atoms with Crippen LogP contribution in [0.5, 0.6) is 0 Å². The number of amides is 1. The zero-order valence-electron chi connectivity index (χ0n) is 18.9. The molecule has 1 aliphatic rings. The summed E-state index contributed by atoms with van der Waals surface area (Å²) in [6, 6.07) is 17.4. The molecule has 1 unspecified atom stereocenters. The van der Waals surface area contributed by atoms with E-state index >= 15 is 0 Å². The van der Waals surface area contributed by atoms with E-state index in [1.165, 1.54) is 0 Å². The van der Waals surface area contributed by atoms with Crippen molar-refractivity contribution in [3.05, 3.63) is 70.2 Å².